The fourth-order valence-electron chi connectivity index (χ4n) is 3.30. The predicted octanol–water partition coefficient (Wildman–Crippen LogP) is 5.70. The van der Waals surface area contributed by atoms with E-state index >= 15 is 0 Å². The first-order valence-electron chi connectivity index (χ1n) is 9.97. The van der Waals surface area contributed by atoms with Crippen molar-refractivity contribution in [1.29, 1.82) is 5.26 Å². The summed E-state index contributed by atoms with van der Waals surface area (Å²) in [5.41, 5.74) is 3.19. The minimum Gasteiger partial charge on any atom is -0.496 e. The lowest BCUT2D eigenvalue weighted by atomic mass is 10.0. The summed E-state index contributed by atoms with van der Waals surface area (Å²) in [7, 11) is 1.59. The van der Waals surface area contributed by atoms with Crippen LogP contribution in [-0.4, -0.2) is 23.3 Å². The molecule has 0 unspecified atom stereocenters. The van der Waals surface area contributed by atoms with E-state index in [1.807, 2.05) is 37.4 Å². The van der Waals surface area contributed by atoms with Crippen LogP contribution in [0.4, 0.5) is 0 Å². The Balaban J connectivity index is 2.03. The Morgan fingerprint density at radius 2 is 2.00 bits per heavy atom. The zero-order valence-electron chi connectivity index (χ0n) is 18.6. The predicted molar refractivity (Wildman–Crippen MR) is 128 cm³/mol. The zero-order valence-corrected chi connectivity index (χ0v) is 20.1. The normalized spacial score (nSPS) is 10.8. The number of nitrogens with zero attached hydrogens (tertiary/aromatic N) is 2. The third-order valence-corrected chi connectivity index (χ3v) is 6.04. The number of hydrogen-bond donors (Lipinski definition) is 1. The maximum Gasteiger partial charge on any atom is 0.270 e. The van der Waals surface area contributed by atoms with Crippen LogP contribution in [0.3, 0.4) is 0 Å². The van der Waals surface area contributed by atoms with E-state index in [0.717, 1.165) is 22.4 Å². The number of aryl methyl sites for hydroxylation is 1. The molecule has 2 aromatic carbocycles. The van der Waals surface area contributed by atoms with Gasteiger partial charge in [0.1, 0.15) is 29.7 Å². The van der Waals surface area contributed by atoms with Crippen molar-refractivity contribution in [1.82, 2.24) is 9.97 Å². The van der Waals surface area contributed by atoms with Gasteiger partial charge < -0.3 is 14.5 Å². The maximum absolute atomic E-state index is 12.3. The van der Waals surface area contributed by atoms with Crippen molar-refractivity contribution in [3.8, 4) is 28.8 Å². The summed E-state index contributed by atoms with van der Waals surface area (Å²) in [6, 6.07) is 11.2. The van der Waals surface area contributed by atoms with E-state index < -0.39 is 5.56 Å². The molecule has 0 fully saturated rings. The molecule has 1 aromatic heterocycles. The van der Waals surface area contributed by atoms with E-state index in [0.29, 0.717) is 27.2 Å². The van der Waals surface area contributed by atoms with Crippen LogP contribution in [0.25, 0.3) is 11.3 Å². The van der Waals surface area contributed by atoms with Crippen molar-refractivity contribution in [3.05, 3.63) is 68.0 Å². The number of methoxy groups -OCH3 is 1. The number of thioether (sulfide) groups is 1. The highest BCUT2D eigenvalue weighted by atomic mass is 35.5. The number of H-pyrrole nitrogens is 1. The Bertz CT molecular complexity index is 1250. The molecule has 0 bridgehead atoms. The van der Waals surface area contributed by atoms with Crippen molar-refractivity contribution in [3.63, 3.8) is 0 Å². The van der Waals surface area contributed by atoms with E-state index in [-0.39, 0.29) is 18.1 Å². The second-order valence-corrected chi connectivity index (χ2v) is 8.72. The van der Waals surface area contributed by atoms with Crippen LogP contribution in [0, 0.1) is 18.3 Å². The summed E-state index contributed by atoms with van der Waals surface area (Å²) >= 11 is 7.61. The van der Waals surface area contributed by atoms with Crippen LogP contribution in [0.15, 0.2) is 40.3 Å². The summed E-state index contributed by atoms with van der Waals surface area (Å²) in [5, 5.41) is 10.6. The average Bonchev–Trinajstić information content (AvgIpc) is 2.78. The highest BCUT2D eigenvalue weighted by molar-refractivity contribution is 7.98. The highest BCUT2D eigenvalue weighted by Gasteiger charge is 2.17. The number of benzene rings is 2. The lowest BCUT2D eigenvalue weighted by molar-refractivity contribution is 0.292. The minimum absolute atomic E-state index is 0.0322. The van der Waals surface area contributed by atoms with Gasteiger partial charge in [0, 0.05) is 16.1 Å². The zero-order chi connectivity index (χ0) is 23.4. The summed E-state index contributed by atoms with van der Waals surface area (Å²) in [6.45, 7) is 6.34. The van der Waals surface area contributed by atoms with Crippen molar-refractivity contribution in [2.75, 3.05) is 13.4 Å². The average molecular weight is 470 g/mol. The number of rotatable bonds is 7. The van der Waals surface area contributed by atoms with Gasteiger partial charge in [0.2, 0.25) is 0 Å². The fraction of sp³-hybridized carbons (Fsp3) is 0.292. The lowest BCUT2D eigenvalue weighted by Crippen LogP contribution is -2.14. The SMILES string of the molecule is COc1ccc(-c2nc(SC)[nH]c(=O)c2C#N)cc1COc1cc(C)c(Cl)cc1C(C)C. The Morgan fingerprint density at radius 1 is 1.25 bits per heavy atom. The van der Waals surface area contributed by atoms with Crippen molar-refractivity contribution in [2.24, 2.45) is 0 Å². The van der Waals surface area contributed by atoms with Gasteiger partial charge in [-0.3, -0.25) is 4.79 Å². The highest BCUT2D eigenvalue weighted by Crippen LogP contribution is 2.34. The first-order valence-corrected chi connectivity index (χ1v) is 11.6. The van der Waals surface area contributed by atoms with Crippen molar-refractivity contribution in [2.45, 2.75) is 38.5 Å². The van der Waals surface area contributed by atoms with Gasteiger partial charge in [0.15, 0.2) is 5.16 Å². The molecule has 32 heavy (non-hydrogen) atoms. The van der Waals surface area contributed by atoms with Gasteiger partial charge in [0.05, 0.1) is 12.8 Å². The fourth-order valence-corrected chi connectivity index (χ4v) is 3.85. The lowest BCUT2D eigenvalue weighted by Gasteiger charge is -2.17. The molecule has 1 heterocycles. The van der Waals surface area contributed by atoms with E-state index in [2.05, 4.69) is 23.8 Å². The summed E-state index contributed by atoms with van der Waals surface area (Å²) in [4.78, 5) is 19.4. The Kier molecular flexibility index (Phi) is 7.49. The van der Waals surface area contributed by atoms with Gasteiger partial charge in [-0.2, -0.15) is 5.26 Å². The molecule has 0 aliphatic heterocycles. The summed E-state index contributed by atoms with van der Waals surface area (Å²) < 4.78 is 11.7. The third kappa shape index (κ3) is 4.93. The molecule has 0 radical (unpaired) electrons. The monoisotopic (exact) mass is 469 g/mol. The third-order valence-electron chi connectivity index (χ3n) is 5.05. The number of nitrogens with one attached hydrogen (secondary N) is 1. The summed E-state index contributed by atoms with van der Waals surface area (Å²) in [6.07, 6.45) is 1.81. The first kappa shape index (κ1) is 23.7. The number of ether oxygens (including phenoxy) is 2. The van der Waals surface area contributed by atoms with Gasteiger partial charge in [-0.25, -0.2) is 4.98 Å². The molecule has 0 saturated carbocycles. The number of halogens is 1. The van der Waals surface area contributed by atoms with Gasteiger partial charge in [-0.05, 0) is 60.6 Å². The molecular formula is C24H24ClN3O3S. The molecule has 3 aromatic rings. The Morgan fingerprint density at radius 3 is 2.62 bits per heavy atom. The second-order valence-electron chi connectivity index (χ2n) is 7.52. The molecule has 0 spiro atoms. The topological polar surface area (TPSA) is 88.0 Å². The van der Waals surface area contributed by atoms with Gasteiger partial charge in [-0.15, -0.1) is 0 Å². The molecule has 0 aliphatic carbocycles. The van der Waals surface area contributed by atoms with Crippen LogP contribution in [0.1, 0.15) is 42.0 Å². The molecule has 166 valence electrons. The van der Waals surface area contributed by atoms with Gasteiger partial charge in [-0.1, -0.05) is 37.2 Å². The molecule has 1 N–H and O–H groups in total. The number of hydrogen-bond acceptors (Lipinski definition) is 6. The van der Waals surface area contributed by atoms with E-state index in [1.54, 1.807) is 19.2 Å². The van der Waals surface area contributed by atoms with Gasteiger partial charge >= 0.3 is 0 Å². The van der Waals surface area contributed by atoms with Crippen LogP contribution in [-0.2, 0) is 6.61 Å². The van der Waals surface area contributed by atoms with Crippen LogP contribution in [0.5, 0.6) is 11.5 Å². The van der Waals surface area contributed by atoms with Crippen molar-refractivity contribution < 1.29 is 9.47 Å². The van der Waals surface area contributed by atoms with E-state index in [9.17, 15) is 10.1 Å². The molecule has 0 amide bonds. The molecule has 0 saturated heterocycles. The molecular weight excluding hydrogens is 446 g/mol. The Hall–Kier alpha value is -2.95. The summed E-state index contributed by atoms with van der Waals surface area (Å²) in [5.74, 6) is 1.63. The first-order chi connectivity index (χ1) is 15.3. The standard InChI is InChI=1S/C24H24ClN3O3S/c1-13(2)17-10-19(25)14(3)8-21(17)31-12-16-9-15(6-7-20(16)30-4)22-18(11-26)23(29)28-24(27-22)32-5/h6-10,13H,12H2,1-5H3,(H,27,28,29). The quantitative estimate of drug-likeness (QED) is 0.352. The Labute approximate surface area is 196 Å². The number of aromatic amines is 1. The molecule has 0 aliphatic rings. The molecule has 3 rings (SSSR count). The second kappa shape index (κ2) is 10.1. The minimum atomic E-state index is -0.464. The van der Waals surface area contributed by atoms with Crippen LogP contribution in [0.2, 0.25) is 5.02 Å². The molecule has 0 atom stereocenters. The molecule has 8 heteroatoms. The van der Waals surface area contributed by atoms with Gasteiger partial charge in [0.25, 0.3) is 5.56 Å². The van der Waals surface area contributed by atoms with Crippen molar-refractivity contribution >= 4 is 23.4 Å². The maximum atomic E-state index is 12.3. The number of nitriles is 1. The largest absolute Gasteiger partial charge is 0.496 e. The molecule has 6 nitrogen and oxygen atoms in total. The van der Waals surface area contributed by atoms with E-state index in [4.69, 9.17) is 21.1 Å². The number of aromatic nitrogens is 2. The van der Waals surface area contributed by atoms with E-state index in [1.165, 1.54) is 11.8 Å². The van der Waals surface area contributed by atoms with Crippen LogP contribution < -0.4 is 15.0 Å². The van der Waals surface area contributed by atoms with Crippen LogP contribution >= 0.6 is 23.4 Å². The smallest absolute Gasteiger partial charge is 0.270 e.